The number of para-hydroxylation sites is 1. The van der Waals surface area contributed by atoms with Crippen molar-refractivity contribution in [3.8, 4) is 0 Å². The molecule has 0 saturated carbocycles. The summed E-state index contributed by atoms with van der Waals surface area (Å²) < 4.78 is 0. The molecule has 1 amide bonds. The third-order valence-corrected chi connectivity index (χ3v) is 3.97. The fourth-order valence-electron chi connectivity index (χ4n) is 2.23. The summed E-state index contributed by atoms with van der Waals surface area (Å²) in [5.41, 5.74) is 1.93. The van der Waals surface area contributed by atoms with Crippen LogP contribution in [0.2, 0.25) is 10.0 Å². The van der Waals surface area contributed by atoms with Crippen molar-refractivity contribution in [2.75, 3.05) is 5.32 Å². The average Bonchev–Trinajstić information content (AvgIpc) is 2.48. The van der Waals surface area contributed by atoms with E-state index in [1.165, 1.54) is 0 Å². The van der Waals surface area contributed by atoms with Crippen molar-refractivity contribution in [3.63, 3.8) is 0 Å². The van der Waals surface area contributed by atoms with Gasteiger partial charge in [-0.25, -0.2) is 4.98 Å². The number of hydrogen-bond acceptors (Lipinski definition) is 2. The quantitative estimate of drug-likeness (QED) is 0.710. The van der Waals surface area contributed by atoms with Crippen LogP contribution >= 0.6 is 23.2 Å². The Labute approximate surface area is 137 Å². The fourth-order valence-corrected chi connectivity index (χ4v) is 2.80. The first-order valence-electron chi connectivity index (χ1n) is 6.68. The molecule has 1 aromatic heterocycles. The molecule has 1 heterocycles. The molecule has 0 saturated heterocycles. The van der Waals surface area contributed by atoms with Crippen LogP contribution in [0.5, 0.6) is 0 Å². The minimum atomic E-state index is -0.374. The third kappa shape index (κ3) is 2.78. The van der Waals surface area contributed by atoms with Crippen LogP contribution < -0.4 is 5.32 Å². The molecule has 3 rings (SSSR count). The van der Waals surface area contributed by atoms with Gasteiger partial charge in [0.25, 0.3) is 5.91 Å². The highest BCUT2D eigenvalue weighted by Gasteiger charge is 2.16. The number of nitrogens with one attached hydrogen (secondary N) is 1. The first-order valence-corrected chi connectivity index (χ1v) is 7.43. The Morgan fingerprint density at radius 1 is 1.05 bits per heavy atom. The normalized spacial score (nSPS) is 10.7. The van der Waals surface area contributed by atoms with Crippen LogP contribution in [0.4, 0.5) is 5.82 Å². The van der Waals surface area contributed by atoms with Crippen molar-refractivity contribution in [1.82, 2.24) is 4.98 Å². The summed E-state index contributed by atoms with van der Waals surface area (Å²) in [5.74, 6) is 0.126. The number of benzene rings is 2. The number of rotatable bonds is 2. The second kappa shape index (κ2) is 5.95. The average molecular weight is 331 g/mol. The summed E-state index contributed by atoms with van der Waals surface area (Å²) in [6, 6.07) is 14.7. The highest BCUT2D eigenvalue weighted by molar-refractivity contribution is 6.40. The summed E-state index contributed by atoms with van der Waals surface area (Å²) in [4.78, 5) is 16.9. The largest absolute Gasteiger partial charge is 0.306 e. The van der Waals surface area contributed by atoms with Crippen molar-refractivity contribution in [2.45, 2.75) is 6.92 Å². The zero-order valence-electron chi connectivity index (χ0n) is 11.7. The summed E-state index contributed by atoms with van der Waals surface area (Å²) in [7, 11) is 0. The summed E-state index contributed by atoms with van der Waals surface area (Å²) in [5, 5.41) is 4.42. The highest BCUT2D eigenvalue weighted by Crippen LogP contribution is 2.26. The fraction of sp³-hybridized carbons (Fsp3) is 0.0588. The number of aryl methyl sites for hydroxylation is 1. The summed E-state index contributed by atoms with van der Waals surface area (Å²) in [6.45, 7) is 1.89. The molecule has 0 bridgehead atoms. The van der Waals surface area contributed by atoms with E-state index in [0.29, 0.717) is 15.9 Å². The first-order chi connectivity index (χ1) is 10.6. The van der Waals surface area contributed by atoms with Gasteiger partial charge in [0.1, 0.15) is 5.82 Å². The Morgan fingerprint density at radius 3 is 2.45 bits per heavy atom. The van der Waals surface area contributed by atoms with Gasteiger partial charge >= 0.3 is 0 Å². The highest BCUT2D eigenvalue weighted by atomic mass is 35.5. The van der Waals surface area contributed by atoms with Crippen LogP contribution in [-0.4, -0.2) is 10.9 Å². The zero-order chi connectivity index (χ0) is 15.7. The van der Waals surface area contributed by atoms with Gasteiger partial charge < -0.3 is 5.32 Å². The molecule has 0 aliphatic carbocycles. The standard InChI is InChI=1S/C17H12Cl2N2O/c1-10-9-11-5-2-3-8-14(11)20-16(10)21-17(22)15-12(18)6-4-7-13(15)19/h2-9H,1H3,(H,20,21,22). The molecule has 0 spiro atoms. The van der Waals surface area contributed by atoms with Gasteiger partial charge in [-0.05, 0) is 36.8 Å². The van der Waals surface area contributed by atoms with E-state index in [9.17, 15) is 4.79 Å². The molecule has 5 heteroatoms. The van der Waals surface area contributed by atoms with Crippen molar-refractivity contribution >= 4 is 45.8 Å². The van der Waals surface area contributed by atoms with E-state index in [1.807, 2.05) is 37.3 Å². The van der Waals surface area contributed by atoms with Gasteiger partial charge in [0.15, 0.2) is 0 Å². The van der Waals surface area contributed by atoms with E-state index in [2.05, 4.69) is 10.3 Å². The predicted octanol–water partition coefficient (Wildman–Crippen LogP) is 5.10. The molecule has 0 fully saturated rings. The number of hydrogen-bond donors (Lipinski definition) is 1. The van der Waals surface area contributed by atoms with Gasteiger partial charge in [0.2, 0.25) is 0 Å². The summed E-state index contributed by atoms with van der Waals surface area (Å²) in [6.07, 6.45) is 0. The molecule has 0 aliphatic rings. The number of amides is 1. The maximum atomic E-state index is 12.4. The Bertz CT molecular complexity index is 857. The first kappa shape index (κ1) is 14.8. The summed E-state index contributed by atoms with van der Waals surface area (Å²) >= 11 is 12.1. The number of carbonyl (C=O) groups is 1. The number of fused-ring (bicyclic) bond motifs is 1. The molecule has 3 nitrogen and oxygen atoms in total. The van der Waals surface area contributed by atoms with E-state index < -0.39 is 0 Å². The smallest absolute Gasteiger partial charge is 0.259 e. The monoisotopic (exact) mass is 330 g/mol. The molecule has 22 heavy (non-hydrogen) atoms. The number of anilines is 1. The van der Waals surface area contributed by atoms with Gasteiger partial charge in [-0.15, -0.1) is 0 Å². The maximum absolute atomic E-state index is 12.4. The Hall–Kier alpha value is -2.10. The van der Waals surface area contributed by atoms with Gasteiger partial charge in [-0.1, -0.05) is 47.5 Å². The molecule has 0 unspecified atom stereocenters. The van der Waals surface area contributed by atoms with Gasteiger partial charge in [-0.2, -0.15) is 0 Å². The van der Waals surface area contributed by atoms with E-state index in [0.717, 1.165) is 16.5 Å². The second-order valence-electron chi connectivity index (χ2n) is 4.90. The second-order valence-corrected chi connectivity index (χ2v) is 5.71. The van der Waals surface area contributed by atoms with Crippen LogP contribution in [0.1, 0.15) is 15.9 Å². The molecule has 3 aromatic rings. The molecular formula is C17H12Cl2N2O. The Morgan fingerprint density at radius 2 is 1.73 bits per heavy atom. The molecule has 1 N–H and O–H groups in total. The van der Waals surface area contributed by atoms with Crippen LogP contribution in [-0.2, 0) is 0 Å². The lowest BCUT2D eigenvalue weighted by molar-refractivity contribution is 0.102. The number of halogens is 2. The minimum absolute atomic E-state index is 0.250. The minimum Gasteiger partial charge on any atom is -0.306 e. The Kier molecular flexibility index (Phi) is 4.01. The van der Waals surface area contributed by atoms with Crippen LogP contribution in [0.25, 0.3) is 10.9 Å². The van der Waals surface area contributed by atoms with Crippen LogP contribution in [0.15, 0.2) is 48.5 Å². The van der Waals surface area contributed by atoms with E-state index in [-0.39, 0.29) is 11.5 Å². The van der Waals surface area contributed by atoms with Crippen molar-refractivity contribution < 1.29 is 4.79 Å². The third-order valence-electron chi connectivity index (χ3n) is 3.34. The number of carbonyl (C=O) groups excluding carboxylic acids is 1. The number of pyridine rings is 1. The number of aromatic nitrogens is 1. The number of nitrogens with zero attached hydrogens (tertiary/aromatic N) is 1. The molecule has 0 radical (unpaired) electrons. The SMILES string of the molecule is Cc1cc2ccccc2nc1NC(=O)c1c(Cl)cccc1Cl. The zero-order valence-corrected chi connectivity index (χ0v) is 13.2. The van der Waals surface area contributed by atoms with Crippen LogP contribution in [0.3, 0.4) is 0 Å². The molecule has 110 valence electrons. The lowest BCUT2D eigenvalue weighted by atomic mass is 10.1. The lowest BCUT2D eigenvalue weighted by Gasteiger charge is -2.11. The van der Waals surface area contributed by atoms with Gasteiger partial charge in [-0.3, -0.25) is 4.79 Å². The lowest BCUT2D eigenvalue weighted by Crippen LogP contribution is -2.15. The Balaban J connectivity index is 1.99. The van der Waals surface area contributed by atoms with Gasteiger partial charge in [0, 0.05) is 5.39 Å². The molecule has 2 aromatic carbocycles. The topological polar surface area (TPSA) is 42.0 Å². The van der Waals surface area contributed by atoms with Crippen LogP contribution in [0, 0.1) is 6.92 Å². The van der Waals surface area contributed by atoms with Crippen molar-refractivity contribution in [1.29, 1.82) is 0 Å². The van der Waals surface area contributed by atoms with Crippen molar-refractivity contribution in [3.05, 3.63) is 69.7 Å². The molecule has 0 atom stereocenters. The van der Waals surface area contributed by atoms with E-state index >= 15 is 0 Å². The van der Waals surface area contributed by atoms with E-state index in [1.54, 1.807) is 18.2 Å². The predicted molar refractivity (Wildman–Crippen MR) is 90.9 cm³/mol. The van der Waals surface area contributed by atoms with Gasteiger partial charge in [0.05, 0.1) is 21.1 Å². The van der Waals surface area contributed by atoms with Crippen molar-refractivity contribution in [2.24, 2.45) is 0 Å². The maximum Gasteiger partial charge on any atom is 0.259 e. The molecule has 0 aliphatic heterocycles. The molecular weight excluding hydrogens is 319 g/mol. The van der Waals surface area contributed by atoms with E-state index in [4.69, 9.17) is 23.2 Å².